The van der Waals surface area contributed by atoms with Gasteiger partial charge in [-0.15, -0.1) is 12.3 Å². The van der Waals surface area contributed by atoms with Crippen LogP contribution in [0.15, 0.2) is 0 Å². The number of amides is 2. The average Bonchev–Trinajstić information content (AvgIpc) is 2.25. The van der Waals surface area contributed by atoms with E-state index in [-0.39, 0.29) is 23.7 Å². The Hall–Kier alpha value is -1.50. The number of terminal acetylenes is 1. The number of primary amides is 1. The fourth-order valence-corrected chi connectivity index (χ4v) is 3.18. The lowest BCUT2D eigenvalue weighted by Gasteiger charge is -2.38. The van der Waals surface area contributed by atoms with Gasteiger partial charge in [0.05, 0.1) is 0 Å². The molecule has 3 N–H and O–H groups in total. The van der Waals surface area contributed by atoms with E-state index in [9.17, 15) is 9.59 Å². The Kier molecular flexibility index (Phi) is 4.99. The van der Waals surface area contributed by atoms with E-state index >= 15 is 0 Å². The van der Waals surface area contributed by atoms with Gasteiger partial charge in [0.2, 0.25) is 11.8 Å². The molecule has 1 fully saturated rings. The van der Waals surface area contributed by atoms with Crippen LogP contribution in [-0.4, -0.2) is 17.9 Å². The van der Waals surface area contributed by atoms with Crippen molar-refractivity contribution in [3.8, 4) is 12.3 Å². The van der Waals surface area contributed by atoms with Crippen molar-refractivity contribution in [2.75, 3.05) is 0 Å². The maximum atomic E-state index is 12.2. The van der Waals surface area contributed by atoms with Crippen molar-refractivity contribution in [2.24, 2.45) is 23.0 Å². The summed E-state index contributed by atoms with van der Waals surface area (Å²) >= 11 is 0. The van der Waals surface area contributed by atoms with Gasteiger partial charge in [-0.2, -0.15) is 0 Å². The molecule has 1 rings (SSSR count). The number of hydrogen-bond acceptors (Lipinski definition) is 2. The highest BCUT2D eigenvalue weighted by Crippen LogP contribution is 2.41. The summed E-state index contributed by atoms with van der Waals surface area (Å²) in [5, 5.41) is 2.69. The van der Waals surface area contributed by atoms with Crippen molar-refractivity contribution < 1.29 is 9.59 Å². The molecule has 2 amide bonds. The third-order valence-corrected chi connectivity index (χ3v) is 3.74. The number of rotatable bonds is 4. The largest absolute Gasteiger partial charge is 0.368 e. The summed E-state index contributed by atoms with van der Waals surface area (Å²) < 4.78 is 0. The predicted octanol–water partition coefficient (Wildman–Crippen LogP) is 1.44. The molecule has 0 radical (unpaired) electrons. The number of carbonyl (C=O) groups excluding carboxylic acids is 2. The highest BCUT2D eigenvalue weighted by atomic mass is 16.2. The van der Waals surface area contributed by atoms with E-state index in [4.69, 9.17) is 12.2 Å². The Balaban J connectivity index is 2.67. The summed E-state index contributed by atoms with van der Waals surface area (Å²) in [6.07, 6.45) is 8.14. The topological polar surface area (TPSA) is 72.2 Å². The third-order valence-electron chi connectivity index (χ3n) is 3.74. The lowest BCUT2D eigenvalue weighted by atomic mass is 9.68. The van der Waals surface area contributed by atoms with Crippen LogP contribution in [0, 0.1) is 29.6 Å². The molecule has 0 aromatic rings. The van der Waals surface area contributed by atoms with E-state index in [0.717, 1.165) is 19.3 Å². The van der Waals surface area contributed by atoms with Crippen LogP contribution in [0.2, 0.25) is 0 Å². The first-order valence-corrected chi connectivity index (χ1v) is 6.78. The number of hydrogen-bond donors (Lipinski definition) is 2. The quantitative estimate of drug-likeness (QED) is 0.754. The summed E-state index contributed by atoms with van der Waals surface area (Å²) in [4.78, 5) is 23.4. The smallest absolute Gasteiger partial charge is 0.240 e. The Labute approximate surface area is 115 Å². The van der Waals surface area contributed by atoms with Crippen molar-refractivity contribution in [2.45, 2.75) is 52.5 Å². The first-order valence-electron chi connectivity index (χ1n) is 6.78. The number of nitrogens with two attached hydrogens (primary N) is 1. The van der Waals surface area contributed by atoms with Crippen LogP contribution in [-0.2, 0) is 9.59 Å². The molecule has 0 aromatic carbocycles. The van der Waals surface area contributed by atoms with Gasteiger partial charge in [0.15, 0.2) is 0 Å². The van der Waals surface area contributed by atoms with Crippen LogP contribution in [0.5, 0.6) is 0 Å². The van der Waals surface area contributed by atoms with Crippen molar-refractivity contribution in [1.82, 2.24) is 5.32 Å². The van der Waals surface area contributed by atoms with Gasteiger partial charge in [0.1, 0.15) is 6.04 Å². The average molecular weight is 264 g/mol. The molecule has 4 nitrogen and oxygen atoms in total. The van der Waals surface area contributed by atoms with Crippen molar-refractivity contribution in [1.29, 1.82) is 0 Å². The van der Waals surface area contributed by atoms with Crippen LogP contribution < -0.4 is 11.1 Å². The van der Waals surface area contributed by atoms with E-state index in [1.165, 1.54) is 0 Å². The zero-order valence-corrected chi connectivity index (χ0v) is 12.0. The monoisotopic (exact) mass is 264 g/mol. The first kappa shape index (κ1) is 15.6. The summed E-state index contributed by atoms with van der Waals surface area (Å²) in [5.74, 6) is 2.15. The van der Waals surface area contributed by atoms with Crippen molar-refractivity contribution in [3.05, 3.63) is 0 Å². The lowest BCUT2D eigenvalue weighted by Crippen LogP contribution is -2.48. The van der Waals surface area contributed by atoms with Gasteiger partial charge in [-0.25, -0.2) is 0 Å². The zero-order chi connectivity index (χ0) is 14.6. The summed E-state index contributed by atoms with van der Waals surface area (Å²) in [6.45, 7) is 6.51. The van der Waals surface area contributed by atoms with E-state index in [1.807, 2.05) is 0 Å². The fourth-order valence-electron chi connectivity index (χ4n) is 3.18. The molecular formula is C15H24N2O2. The molecule has 106 valence electrons. The van der Waals surface area contributed by atoms with Crippen LogP contribution >= 0.6 is 0 Å². The van der Waals surface area contributed by atoms with E-state index in [0.29, 0.717) is 5.92 Å². The molecule has 3 atom stereocenters. The number of nitrogens with one attached hydrogen (secondary N) is 1. The molecule has 3 unspecified atom stereocenters. The van der Waals surface area contributed by atoms with Crippen LogP contribution in [0.25, 0.3) is 0 Å². The van der Waals surface area contributed by atoms with Gasteiger partial charge in [-0.1, -0.05) is 20.8 Å². The fraction of sp³-hybridized carbons (Fsp3) is 0.733. The highest BCUT2D eigenvalue weighted by molar-refractivity contribution is 5.87. The maximum Gasteiger partial charge on any atom is 0.240 e. The highest BCUT2D eigenvalue weighted by Gasteiger charge is 2.36. The minimum atomic E-state index is -0.752. The molecule has 1 aliphatic rings. The second kappa shape index (κ2) is 6.10. The molecule has 0 bridgehead atoms. The normalized spacial score (nSPS) is 27.1. The maximum absolute atomic E-state index is 12.2. The molecule has 1 saturated carbocycles. The van der Waals surface area contributed by atoms with Crippen LogP contribution in [0.4, 0.5) is 0 Å². The molecule has 4 heteroatoms. The Morgan fingerprint density at radius 2 is 2.11 bits per heavy atom. The molecule has 0 aliphatic heterocycles. The summed E-state index contributed by atoms with van der Waals surface area (Å²) in [5.41, 5.74) is 5.39. The van der Waals surface area contributed by atoms with Gasteiger partial charge in [0, 0.05) is 12.3 Å². The van der Waals surface area contributed by atoms with Crippen molar-refractivity contribution >= 4 is 11.8 Å². The van der Waals surface area contributed by atoms with Gasteiger partial charge < -0.3 is 11.1 Å². The Morgan fingerprint density at radius 1 is 1.47 bits per heavy atom. The van der Waals surface area contributed by atoms with Gasteiger partial charge >= 0.3 is 0 Å². The van der Waals surface area contributed by atoms with Crippen LogP contribution in [0.1, 0.15) is 46.5 Å². The predicted molar refractivity (Wildman–Crippen MR) is 74.9 cm³/mol. The van der Waals surface area contributed by atoms with Crippen molar-refractivity contribution in [3.63, 3.8) is 0 Å². The van der Waals surface area contributed by atoms with E-state index in [2.05, 4.69) is 32.0 Å². The molecule has 0 heterocycles. The Bertz CT molecular complexity index is 395. The van der Waals surface area contributed by atoms with Gasteiger partial charge in [-0.3, -0.25) is 9.59 Å². The first-order chi connectivity index (χ1) is 8.75. The van der Waals surface area contributed by atoms with E-state index < -0.39 is 11.9 Å². The number of carbonyl (C=O) groups is 2. The second-order valence-electron chi connectivity index (χ2n) is 6.48. The van der Waals surface area contributed by atoms with Crippen LogP contribution in [0.3, 0.4) is 0 Å². The molecule has 0 spiro atoms. The zero-order valence-electron chi connectivity index (χ0n) is 12.0. The molecule has 19 heavy (non-hydrogen) atoms. The van der Waals surface area contributed by atoms with Gasteiger partial charge in [-0.05, 0) is 30.6 Å². The SMILES string of the molecule is C#CCC(NC(=O)C1CC(C)CC(C)(C)C1)C(N)=O. The molecular weight excluding hydrogens is 240 g/mol. The molecule has 0 aromatic heterocycles. The molecule has 1 aliphatic carbocycles. The minimum absolute atomic E-state index is 0.0571. The minimum Gasteiger partial charge on any atom is -0.368 e. The summed E-state index contributed by atoms with van der Waals surface area (Å²) in [7, 11) is 0. The summed E-state index contributed by atoms with van der Waals surface area (Å²) in [6, 6.07) is -0.752. The second-order valence-corrected chi connectivity index (χ2v) is 6.48. The van der Waals surface area contributed by atoms with E-state index in [1.54, 1.807) is 0 Å². The van der Waals surface area contributed by atoms with Gasteiger partial charge in [0.25, 0.3) is 0 Å². The Morgan fingerprint density at radius 3 is 2.58 bits per heavy atom. The third kappa shape index (κ3) is 4.59. The lowest BCUT2D eigenvalue weighted by molar-refractivity contribution is -0.132. The molecule has 0 saturated heterocycles. The standard InChI is InChI=1S/C15H24N2O2/c1-5-6-12(13(16)18)17-14(19)11-7-10(2)8-15(3,4)9-11/h1,10-12H,6-9H2,2-4H3,(H2,16,18)(H,17,19).